The minimum atomic E-state index is -0.390. The number of halogens is 1. The highest BCUT2D eigenvalue weighted by Gasteiger charge is 2.09. The van der Waals surface area contributed by atoms with Gasteiger partial charge in [-0.1, -0.05) is 24.3 Å². The highest BCUT2D eigenvalue weighted by Crippen LogP contribution is 2.15. The molecule has 0 bridgehead atoms. The molecular formula is C15H14FNO2. The number of benzene rings is 2. The summed E-state index contributed by atoms with van der Waals surface area (Å²) in [6, 6.07) is 11.1. The molecule has 0 aliphatic heterocycles. The summed E-state index contributed by atoms with van der Waals surface area (Å²) in [6.45, 7) is 1.89. The molecule has 0 saturated carbocycles. The summed E-state index contributed by atoms with van der Waals surface area (Å²) < 4.78 is 13.3. The van der Waals surface area contributed by atoms with Crippen LogP contribution in [0.1, 0.15) is 21.5 Å². The Balaban J connectivity index is 2.04. The zero-order chi connectivity index (χ0) is 13.8. The average Bonchev–Trinajstić information content (AvgIpc) is 2.40. The molecule has 3 nitrogen and oxygen atoms in total. The van der Waals surface area contributed by atoms with Gasteiger partial charge < -0.3 is 10.4 Å². The van der Waals surface area contributed by atoms with E-state index in [2.05, 4.69) is 5.32 Å². The Hall–Kier alpha value is -2.36. The van der Waals surface area contributed by atoms with E-state index < -0.39 is 0 Å². The molecule has 0 radical (unpaired) electrons. The third-order valence-corrected chi connectivity index (χ3v) is 2.84. The Labute approximate surface area is 110 Å². The van der Waals surface area contributed by atoms with E-state index in [1.807, 2.05) is 0 Å². The van der Waals surface area contributed by atoms with Crippen LogP contribution in [0.2, 0.25) is 0 Å². The molecule has 0 atom stereocenters. The largest absolute Gasteiger partial charge is 0.507 e. The maximum atomic E-state index is 13.3. The summed E-state index contributed by atoms with van der Waals surface area (Å²) in [5.74, 6) is -0.761. The number of carbonyl (C=O) groups excluding carboxylic acids is 1. The van der Waals surface area contributed by atoms with Crippen LogP contribution in [0.15, 0.2) is 42.5 Å². The van der Waals surface area contributed by atoms with Gasteiger partial charge in [0.15, 0.2) is 0 Å². The lowest BCUT2D eigenvalue weighted by Crippen LogP contribution is -2.22. The molecule has 0 spiro atoms. The van der Waals surface area contributed by atoms with Crippen molar-refractivity contribution in [2.24, 2.45) is 0 Å². The number of para-hydroxylation sites is 1. The normalized spacial score (nSPS) is 10.2. The van der Waals surface area contributed by atoms with Gasteiger partial charge in [0.25, 0.3) is 5.91 Å². The molecule has 0 fully saturated rings. The van der Waals surface area contributed by atoms with Gasteiger partial charge in [-0.3, -0.25) is 4.79 Å². The van der Waals surface area contributed by atoms with Crippen LogP contribution in [-0.2, 0) is 6.54 Å². The van der Waals surface area contributed by atoms with Crippen molar-refractivity contribution in [2.45, 2.75) is 13.5 Å². The number of rotatable bonds is 3. The van der Waals surface area contributed by atoms with Crippen LogP contribution in [0, 0.1) is 12.7 Å². The summed E-state index contributed by atoms with van der Waals surface area (Å²) in [6.07, 6.45) is 0. The monoisotopic (exact) mass is 259 g/mol. The molecule has 19 heavy (non-hydrogen) atoms. The molecule has 4 heteroatoms. The third kappa shape index (κ3) is 3.10. The summed E-state index contributed by atoms with van der Waals surface area (Å²) in [5.41, 5.74) is 1.44. The van der Waals surface area contributed by atoms with Gasteiger partial charge in [-0.2, -0.15) is 0 Å². The maximum Gasteiger partial charge on any atom is 0.255 e. The first kappa shape index (κ1) is 13.1. The molecule has 0 saturated heterocycles. The first-order chi connectivity index (χ1) is 9.08. The van der Waals surface area contributed by atoms with Crippen molar-refractivity contribution in [1.82, 2.24) is 5.32 Å². The van der Waals surface area contributed by atoms with E-state index in [0.717, 1.165) is 0 Å². The molecule has 0 aliphatic rings. The predicted molar refractivity (Wildman–Crippen MR) is 70.4 cm³/mol. The molecular weight excluding hydrogens is 245 g/mol. The quantitative estimate of drug-likeness (QED) is 0.890. The lowest BCUT2D eigenvalue weighted by Gasteiger charge is -2.07. The Morgan fingerprint density at radius 2 is 2.00 bits per heavy atom. The van der Waals surface area contributed by atoms with Crippen LogP contribution in [0.4, 0.5) is 4.39 Å². The van der Waals surface area contributed by atoms with E-state index in [1.165, 1.54) is 18.2 Å². The summed E-state index contributed by atoms with van der Waals surface area (Å²) >= 11 is 0. The van der Waals surface area contributed by atoms with Crippen molar-refractivity contribution in [3.63, 3.8) is 0 Å². The van der Waals surface area contributed by atoms with E-state index in [9.17, 15) is 14.3 Å². The summed E-state index contributed by atoms with van der Waals surface area (Å²) in [5, 5.41) is 12.2. The van der Waals surface area contributed by atoms with Crippen LogP contribution in [0.5, 0.6) is 5.75 Å². The first-order valence-electron chi connectivity index (χ1n) is 5.89. The third-order valence-electron chi connectivity index (χ3n) is 2.84. The number of phenolic OH excluding ortho intramolecular Hbond substituents is 1. The van der Waals surface area contributed by atoms with Crippen molar-refractivity contribution >= 4 is 5.91 Å². The Morgan fingerprint density at radius 3 is 2.68 bits per heavy atom. The van der Waals surface area contributed by atoms with Gasteiger partial charge in [0.1, 0.15) is 11.6 Å². The van der Waals surface area contributed by atoms with Crippen LogP contribution >= 0.6 is 0 Å². The van der Waals surface area contributed by atoms with Crippen molar-refractivity contribution < 1.29 is 14.3 Å². The SMILES string of the molecule is Cc1ccc(CNC(=O)c2ccccc2O)cc1F. The number of carbonyl (C=O) groups is 1. The lowest BCUT2D eigenvalue weighted by molar-refractivity contribution is 0.0948. The topological polar surface area (TPSA) is 49.3 Å². The fraction of sp³-hybridized carbons (Fsp3) is 0.133. The number of hydrogen-bond acceptors (Lipinski definition) is 2. The smallest absolute Gasteiger partial charge is 0.255 e. The minimum absolute atomic E-state index is 0.0740. The van der Waals surface area contributed by atoms with E-state index in [0.29, 0.717) is 11.1 Å². The fourth-order valence-corrected chi connectivity index (χ4v) is 1.69. The van der Waals surface area contributed by atoms with Crippen LogP contribution in [-0.4, -0.2) is 11.0 Å². The zero-order valence-electron chi connectivity index (χ0n) is 10.5. The van der Waals surface area contributed by atoms with Gasteiger partial charge in [-0.25, -0.2) is 4.39 Å². The minimum Gasteiger partial charge on any atom is -0.507 e. The number of amides is 1. The molecule has 2 rings (SSSR count). The van der Waals surface area contributed by atoms with Gasteiger partial charge in [0.05, 0.1) is 5.56 Å². The van der Waals surface area contributed by atoms with E-state index in [-0.39, 0.29) is 29.6 Å². The fourth-order valence-electron chi connectivity index (χ4n) is 1.69. The zero-order valence-corrected chi connectivity index (χ0v) is 10.5. The molecule has 2 aromatic rings. The van der Waals surface area contributed by atoms with Gasteiger partial charge in [-0.15, -0.1) is 0 Å². The number of nitrogens with one attached hydrogen (secondary N) is 1. The highest BCUT2D eigenvalue weighted by atomic mass is 19.1. The second-order valence-corrected chi connectivity index (χ2v) is 4.28. The lowest BCUT2D eigenvalue weighted by atomic mass is 10.1. The molecule has 0 heterocycles. The molecule has 0 aromatic heterocycles. The van der Waals surface area contributed by atoms with E-state index in [4.69, 9.17) is 0 Å². The second-order valence-electron chi connectivity index (χ2n) is 4.28. The molecule has 0 unspecified atom stereocenters. The Bertz CT molecular complexity index is 611. The molecule has 98 valence electrons. The molecule has 0 aliphatic carbocycles. The van der Waals surface area contributed by atoms with E-state index >= 15 is 0 Å². The van der Waals surface area contributed by atoms with Crippen LogP contribution in [0.25, 0.3) is 0 Å². The number of phenols is 1. The Kier molecular flexibility index (Phi) is 3.80. The Morgan fingerprint density at radius 1 is 1.26 bits per heavy atom. The number of aromatic hydroxyl groups is 1. The van der Waals surface area contributed by atoms with Crippen molar-refractivity contribution in [3.05, 3.63) is 65.0 Å². The van der Waals surface area contributed by atoms with Crippen molar-refractivity contribution in [1.29, 1.82) is 0 Å². The standard InChI is InChI=1S/C15H14FNO2/c1-10-6-7-11(8-13(10)16)9-17-15(19)12-4-2-3-5-14(12)18/h2-8,18H,9H2,1H3,(H,17,19). The predicted octanol–water partition coefficient (Wildman–Crippen LogP) is 2.77. The summed E-state index contributed by atoms with van der Waals surface area (Å²) in [7, 11) is 0. The van der Waals surface area contributed by atoms with Crippen LogP contribution in [0.3, 0.4) is 0 Å². The van der Waals surface area contributed by atoms with Gasteiger partial charge in [-0.05, 0) is 36.2 Å². The van der Waals surface area contributed by atoms with Gasteiger partial charge >= 0.3 is 0 Å². The van der Waals surface area contributed by atoms with E-state index in [1.54, 1.807) is 31.2 Å². The summed E-state index contributed by atoms with van der Waals surface area (Å²) in [4.78, 5) is 11.8. The van der Waals surface area contributed by atoms with Gasteiger partial charge in [0.2, 0.25) is 0 Å². The number of hydrogen-bond donors (Lipinski definition) is 2. The first-order valence-corrected chi connectivity index (χ1v) is 5.89. The van der Waals surface area contributed by atoms with Gasteiger partial charge in [0, 0.05) is 6.54 Å². The van der Waals surface area contributed by atoms with Crippen LogP contribution < -0.4 is 5.32 Å². The maximum absolute atomic E-state index is 13.3. The number of aryl methyl sites for hydroxylation is 1. The highest BCUT2D eigenvalue weighted by molar-refractivity contribution is 5.96. The molecule has 1 amide bonds. The molecule has 2 aromatic carbocycles. The second kappa shape index (κ2) is 5.52. The average molecular weight is 259 g/mol. The molecule has 2 N–H and O–H groups in total. The van der Waals surface area contributed by atoms with Crippen molar-refractivity contribution in [3.8, 4) is 5.75 Å². The van der Waals surface area contributed by atoms with Crippen molar-refractivity contribution in [2.75, 3.05) is 0 Å².